The summed E-state index contributed by atoms with van der Waals surface area (Å²) in [5, 5.41) is 0. The molecule has 29 heavy (non-hydrogen) atoms. The van der Waals surface area contributed by atoms with E-state index in [4.69, 9.17) is 15.2 Å². The van der Waals surface area contributed by atoms with Crippen LogP contribution in [0.2, 0.25) is 0 Å². The van der Waals surface area contributed by atoms with E-state index in [2.05, 4.69) is 17.0 Å². The lowest BCUT2D eigenvalue weighted by Crippen LogP contribution is -2.64. The summed E-state index contributed by atoms with van der Waals surface area (Å²) in [5.41, 5.74) is 9.40. The van der Waals surface area contributed by atoms with Gasteiger partial charge in [0.2, 0.25) is 0 Å². The molecule has 1 saturated heterocycles. The number of ether oxygens (including phenoxy) is 2. The van der Waals surface area contributed by atoms with E-state index in [1.54, 1.807) is 12.1 Å². The molecule has 1 heterocycles. The van der Waals surface area contributed by atoms with E-state index in [0.717, 1.165) is 55.1 Å². The fourth-order valence-electron chi connectivity index (χ4n) is 4.76. The van der Waals surface area contributed by atoms with E-state index in [0.29, 0.717) is 24.7 Å². The largest absolute Gasteiger partial charge is 0.493 e. The molecule has 2 fully saturated rings. The second-order valence-corrected chi connectivity index (χ2v) is 8.15. The number of halogens is 2. The Bertz CT molecular complexity index is 802. The van der Waals surface area contributed by atoms with E-state index >= 15 is 0 Å². The van der Waals surface area contributed by atoms with Crippen molar-refractivity contribution in [3.63, 3.8) is 0 Å². The maximum atomic E-state index is 13.4. The highest BCUT2D eigenvalue weighted by atomic mass is 35.5. The fourth-order valence-corrected chi connectivity index (χ4v) is 4.76. The molecule has 2 N–H and O–H groups in total. The Morgan fingerprint density at radius 3 is 2.07 bits per heavy atom. The SMILES string of the molecule is CCOc1cc(CN2CC3(CC(N)C3)C2)cc(OCC)c1-c1ccc(F)cc1.Cl. The molecule has 1 spiro atoms. The Morgan fingerprint density at radius 1 is 1.03 bits per heavy atom. The molecule has 4 rings (SSSR count). The fraction of sp³-hybridized carbons (Fsp3) is 0.478. The van der Waals surface area contributed by atoms with Crippen LogP contribution in [0, 0.1) is 11.2 Å². The van der Waals surface area contributed by atoms with Gasteiger partial charge in [0.25, 0.3) is 0 Å². The summed E-state index contributed by atoms with van der Waals surface area (Å²) in [5.74, 6) is 1.32. The molecule has 0 amide bonds. The van der Waals surface area contributed by atoms with Gasteiger partial charge in [-0.3, -0.25) is 4.90 Å². The Kier molecular flexibility index (Phi) is 6.72. The van der Waals surface area contributed by atoms with Crippen molar-refractivity contribution in [2.24, 2.45) is 11.1 Å². The highest BCUT2D eigenvalue weighted by molar-refractivity contribution is 5.85. The van der Waals surface area contributed by atoms with Crippen LogP contribution in [0.25, 0.3) is 11.1 Å². The smallest absolute Gasteiger partial charge is 0.131 e. The lowest BCUT2D eigenvalue weighted by Gasteiger charge is -2.58. The van der Waals surface area contributed by atoms with Crippen molar-refractivity contribution in [1.82, 2.24) is 4.90 Å². The molecule has 0 radical (unpaired) electrons. The maximum absolute atomic E-state index is 13.4. The van der Waals surface area contributed by atoms with Gasteiger partial charge in [0.05, 0.1) is 18.8 Å². The molecule has 1 saturated carbocycles. The first-order valence-corrected chi connectivity index (χ1v) is 10.2. The van der Waals surface area contributed by atoms with Gasteiger partial charge in [0, 0.05) is 25.7 Å². The van der Waals surface area contributed by atoms with Crippen molar-refractivity contribution in [3.05, 3.63) is 47.8 Å². The molecule has 0 unspecified atom stereocenters. The zero-order valence-corrected chi connectivity index (χ0v) is 17.9. The number of hydrogen-bond acceptors (Lipinski definition) is 4. The van der Waals surface area contributed by atoms with E-state index < -0.39 is 0 Å². The van der Waals surface area contributed by atoms with Crippen LogP contribution < -0.4 is 15.2 Å². The van der Waals surface area contributed by atoms with Crippen molar-refractivity contribution in [3.8, 4) is 22.6 Å². The molecule has 158 valence electrons. The summed E-state index contributed by atoms with van der Waals surface area (Å²) >= 11 is 0. The van der Waals surface area contributed by atoms with Crippen molar-refractivity contribution in [2.45, 2.75) is 39.3 Å². The van der Waals surface area contributed by atoms with Crippen LogP contribution in [0.3, 0.4) is 0 Å². The number of likely N-dealkylation sites (tertiary alicyclic amines) is 1. The van der Waals surface area contributed by atoms with Crippen LogP contribution in [0.4, 0.5) is 4.39 Å². The molecule has 4 nitrogen and oxygen atoms in total. The number of nitrogens with two attached hydrogens (primary N) is 1. The van der Waals surface area contributed by atoms with E-state index in [1.807, 2.05) is 13.8 Å². The van der Waals surface area contributed by atoms with Gasteiger partial charge in [0.15, 0.2) is 0 Å². The van der Waals surface area contributed by atoms with Crippen LogP contribution in [-0.4, -0.2) is 37.2 Å². The Labute approximate surface area is 178 Å². The van der Waals surface area contributed by atoms with Crippen molar-refractivity contribution >= 4 is 12.4 Å². The van der Waals surface area contributed by atoms with Gasteiger partial charge in [-0.25, -0.2) is 4.39 Å². The molecule has 2 aromatic rings. The van der Waals surface area contributed by atoms with Gasteiger partial charge in [-0.05, 0) is 67.5 Å². The molecule has 0 bridgehead atoms. The first-order chi connectivity index (χ1) is 13.5. The quantitative estimate of drug-likeness (QED) is 0.709. The average Bonchev–Trinajstić information content (AvgIpc) is 2.60. The Hall–Kier alpha value is -1.82. The first kappa shape index (κ1) is 21.9. The van der Waals surface area contributed by atoms with E-state index in [9.17, 15) is 4.39 Å². The summed E-state index contributed by atoms with van der Waals surface area (Å²) in [7, 11) is 0. The lowest BCUT2D eigenvalue weighted by molar-refractivity contribution is -0.0753. The predicted molar refractivity (Wildman–Crippen MR) is 116 cm³/mol. The molecular weight excluding hydrogens is 391 g/mol. The third-order valence-electron chi connectivity index (χ3n) is 5.77. The highest BCUT2D eigenvalue weighted by Gasteiger charge is 2.50. The van der Waals surface area contributed by atoms with Crippen LogP contribution in [-0.2, 0) is 6.54 Å². The van der Waals surface area contributed by atoms with E-state index in [-0.39, 0.29) is 18.2 Å². The number of hydrogen-bond donors (Lipinski definition) is 1. The molecular formula is C23H30ClFN2O2. The minimum absolute atomic E-state index is 0. The summed E-state index contributed by atoms with van der Waals surface area (Å²) in [4.78, 5) is 2.46. The number of nitrogens with zero attached hydrogens (tertiary/aromatic N) is 1. The second-order valence-electron chi connectivity index (χ2n) is 8.15. The Balaban J connectivity index is 0.00000240. The van der Waals surface area contributed by atoms with Crippen molar-refractivity contribution in [2.75, 3.05) is 26.3 Å². The minimum Gasteiger partial charge on any atom is -0.493 e. The zero-order chi connectivity index (χ0) is 19.7. The summed E-state index contributed by atoms with van der Waals surface area (Å²) in [6.07, 6.45) is 2.31. The maximum Gasteiger partial charge on any atom is 0.131 e. The standard InChI is InChI=1S/C23H29FN2O2.ClH/c1-3-27-20-9-16(13-26-14-23(15-26)11-19(25)12-23)10-21(28-4-2)22(20)17-5-7-18(24)8-6-17;/h5-10,19H,3-4,11-15,25H2,1-2H3;1H. The van der Waals surface area contributed by atoms with Gasteiger partial charge >= 0.3 is 0 Å². The zero-order valence-electron chi connectivity index (χ0n) is 17.1. The van der Waals surface area contributed by atoms with Gasteiger partial charge in [-0.2, -0.15) is 0 Å². The molecule has 0 aromatic heterocycles. The van der Waals surface area contributed by atoms with E-state index in [1.165, 1.54) is 17.7 Å². The average molecular weight is 421 g/mol. The predicted octanol–water partition coefficient (Wildman–Crippen LogP) is 4.64. The van der Waals surface area contributed by atoms with Crippen LogP contribution >= 0.6 is 12.4 Å². The minimum atomic E-state index is -0.251. The monoisotopic (exact) mass is 420 g/mol. The van der Waals surface area contributed by atoms with Crippen molar-refractivity contribution in [1.29, 1.82) is 0 Å². The molecule has 2 aliphatic rings. The molecule has 1 aliphatic heterocycles. The van der Waals surface area contributed by atoms with Crippen LogP contribution in [0.1, 0.15) is 32.3 Å². The Morgan fingerprint density at radius 2 is 1.59 bits per heavy atom. The topological polar surface area (TPSA) is 47.7 Å². The van der Waals surface area contributed by atoms with Gasteiger partial charge in [-0.15, -0.1) is 12.4 Å². The molecule has 2 aromatic carbocycles. The first-order valence-electron chi connectivity index (χ1n) is 10.2. The lowest BCUT2D eigenvalue weighted by atomic mass is 9.61. The summed E-state index contributed by atoms with van der Waals surface area (Å²) in [6.45, 7) is 8.19. The third kappa shape index (κ3) is 4.52. The van der Waals surface area contributed by atoms with Crippen LogP contribution in [0.5, 0.6) is 11.5 Å². The van der Waals surface area contributed by atoms with Gasteiger partial charge in [0.1, 0.15) is 17.3 Å². The van der Waals surface area contributed by atoms with Crippen molar-refractivity contribution < 1.29 is 13.9 Å². The van der Waals surface area contributed by atoms with Gasteiger partial charge < -0.3 is 15.2 Å². The summed E-state index contributed by atoms with van der Waals surface area (Å²) in [6, 6.07) is 11.1. The molecule has 0 atom stereocenters. The highest BCUT2D eigenvalue weighted by Crippen LogP contribution is 2.48. The second kappa shape index (κ2) is 8.90. The third-order valence-corrected chi connectivity index (χ3v) is 5.77. The van der Waals surface area contributed by atoms with Crippen LogP contribution in [0.15, 0.2) is 36.4 Å². The number of rotatable bonds is 7. The van der Waals surface area contributed by atoms with Gasteiger partial charge in [-0.1, -0.05) is 12.1 Å². The normalized spacial score (nSPS) is 17.9. The number of benzene rings is 2. The summed E-state index contributed by atoms with van der Waals surface area (Å²) < 4.78 is 25.3. The molecule has 1 aliphatic carbocycles. The molecule has 6 heteroatoms.